The molecule has 1 aliphatic rings. The van der Waals surface area contributed by atoms with E-state index < -0.39 is 5.56 Å². The number of hydrogen-bond donors (Lipinski definition) is 0. The molecule has 2 aromatic heterocycles. The predicted molar refractivity (Wildman–Crippen MR) is 134 cm³/mol. The Morgan fingerprint density at radius 2 is 1.71 bits per heavy atom. The fourth-order valence-electron chi connectivity index (χ4n) is 4.10. The van der Waals surface area contributed by atoms with Crippen molar-refractivity contribution in [3.05, 3.63) is 109 Å². The fourth-order valence-corrected chi connectivity index (χ4v) is 5.59. The Morgan fingerprint density at radius 3 is 2.46 bits per heavy atom. The molecule has 10 heteroatoms. The minimum Gasteiger partial charge on any atom is -0.303 e. The van der Waals surface area contributed by atoms with Gasteiger partial charge in [0.15, 0.2) is 5.82 Å². The van der Waals surface area contributed by atoms with E-state index in [4.69, 9.17) is 23.2 Å². The predicted octanol–water partition coefficient (Wildman–Crippen LogP) is 4.73. The van der Waals surface area contributed by atoms with Crippen LogP contribution in [0.3, 0.4) is 0 Å². The number of aromatic nitrogens is 3. The van der Waals surface area contributed by atoms with Crippen LogP contribution in [-0.4, -0.2) is 20.5 Å². The summed E-state index contributed by atoms with van der Waals surface area (Å²) in [5.74, 6) is -0.361. The Kier molecular flexibility index (Phi) is 5.17. The third kappa shape index (κ3) is 3.61. The van der Waals surface area contributed by atoms with E-state index in [1.165, 1.54) is 16.6 Å². The lowest BCUT2D eigenvalue weighted by Crippen LogP contribution is -2.32. The van der Waals surface area contributed by atoms with Crippen LogP contribution in [0.1, 0.15) is 11.1 Å². The number of fused-ring (bicyclic) bond motifs is 2. The molecule has 0 fully saturated rings. The lowest BCUT2D eigenvalue weighted by molar-refractivity contribution is -0.113. The number of hydrogen-bond acceptors (Lipinski definition) is 5. The van der Waals surface area contributed by atoms with Crippen molar-refractivity contribution in [2.45, 2.75) is 6.54 Å². The highest BCUT2D eigenvalue weighted by Gasteiger charge is 2.34. The average molecular weight is 523 g/mol. The molecule has 0 atom stereocenters. The summed E-state index contributed by atoms with van der Waals surface area (Å²) in [5, 5.41) is 5.19. The van der Waals surface area contributed by atoms with Gasteiger partial charge >= 0.3 is 0 Å². The van der Waals surface area contributed by atoms with E-state index in [1.807, 2.05) is 24.3 Å². The molecule has 3 heterocycles. The maximum atomic E-state index is 13.6. The number of anilines is 1. The van der Waals surface area contributed by atoms with Gasteiger partial charge in [-0.25, -0.2) is 4.39 Å². The third-order valence-corrected chi connectivity index (χ3v) is 7.31. The molecule has 172 valence electrons. The first-order chi connectivity index (χ1) is 16.9. The Morgan fingerprint density at radius 1 is 0.943 bits per heavy atom. The number of carbonyl (C=O) groups is 1. The standard InChI is InChI=1S/C25H13Cl2FN4O2S/c26-14-7-10-16(18(27)11-14)22-29-25-32(30-22)24(34)21(35-25)20-17-3-1-2-4-19(17)31(23(20)33)12-13-5-8-15(28)9-6-13/h1-11H,12H2/b21-20-. The van der Waals surface area contributed by atoms with Gasteiger partial charge in [0.05, 0.1) is 22.8 Å². The summed E-state index contributed by atoms with van der Waals surface area (Å²) in [6, 6.07) is 18.2. The van der Waals surface area contributed by atoms with Gasteiger partial charge in [-0.05, 0) is 42.0 Å². The third-order valence-electron chi connectivity index (χ3n) is 5.73. The van der Waals surface area contributed by atoms with E-state index in [0.717, 1.165) is 16.9 Å². The van der Waals surface area contributed by atoms with Crippen molar-refractivity contribution in [1.29, 1.82) is 0 Å². The minimum atomic E-state index is -0.435. The van der Waals surface area contributed by atoms with Crippen molar-refractivity contribution in [3.8, 4) is 11.4 Å². The zero-order valence-electron chi connectivity index (χ0n) is 17.7. The number of carbonyl (C=O) groups excluding carboxylic acids is 1. The number of amides is 1. The highest BCUT2D eigenvalue weighted by Crippen LogP contribution is 2.36. The van der Waals surface area contributed by atoms with Gasteiger partial charge in [-0.3, -0.25) is 9.59 Å². The molecule has 6 rings (SSSR count). The SMILES string of the molecule is O=C1/C(=c2\sc3nc(-c4ccc(Cl)cc4Cl)nn3c2=O)c2ccccc2N1Cc1ccc(F)cc1. The Balaban J connectivity index is 1.48. The number of rotatable bonds is 3. The Hall–Kier alpha value is -3.59. The molecule has 0 spiro atoms. The van der Waals surface area contributed by atoms with Crippen molar-refractivity contribution < 1.29 is 9.18 Å². The van der Waals surface area contributed by atoms with Gasteiger partial charge in [-0.2, -0.15) is 9.50 Å². The summed E-state index contributed by atoms with van der Waals surface area (Å²) >= 11 is 13.3. The summed E-state index contributed by atoms with van der Waals surface area (Å²) < 4.78 is 14.8. The van der Waals surface area contributed by atoms with Crippen LogP contribution in [0.2, 0.25) is 10.0 Å². The van der Waals surface area contributed by atoms with Crippen LogP contribution in [-0.2, 0) is 11.3 Å². The first kappa shape index (κ1) is 21.9. The van der Waals surface area contributed by atoms with E-state index in [-0.39, 0.29) is 22.8 Å². The largest absolute Gasteiger partial charge is 0.303 e. The molecule has 3 aromatic carbocycles. The summed E-state index contributed by atoms with van der Waals surface area (Å²) in [4.78, 5) is 33.3. The number of benzene rings is 3. The molecule has 5 aromatic rings. The van der Waals surface area contributed by atoms with Crippen LogP contribution in [0.15, 0.2) is 71.5 Å². The van der Waals surface area contributed by atoms with Crippen molar-refractivity contribution in [2.24, 2.45) is 0 Å². The van der Waals surface area contributed by atoms with Crippen LogP contribution in [0, 0.1) is 5.82 Å². The molecule has 6 nitrogen and oxygen atoms in total. The second-order valence-electron chi connectivity index (χ2n) is 7.90. The van der Waals surface area contributed by atoms with Gasteiger partial charge in [0.1, 0.15) is 10.3 Å². The average Bonchev–Trinajstić information content (AvgIpc) is 3.46. The maximum Gasteiger partial charge on any atom is 0.291 e. The lowest BCUT2D eigenvalue weighted by atomic mass is 10.1. The maximum absolute atomic E-state index is 13.6. The van der Waals surface area contributed by atoms with Gasteiger partial charge in [-0.1, -0.05) is 64.9 Å². The Labute approximate surface area is 211 Å². The van der Waals surface area contributed by atoms with E-state index >= 15 is 0 Å². The van der Waals surface area contributed by atoms with Crippen LogP contribution in [0.25, 0.3) is 21.9 Å². The van der Waals surface area contributed by atoms with Crippen LogP contribution < -0.4 is 15.0 Å². The van der Waals surface area contributed by atoms with Crippen molar-refractivity contribution in [2.75, 3.05) is 4.90 Å². The van der Waals surface area contributed by atoms with Gasteiger partial charge < -0.3 is 4.90 Å². The quantitative estimate of drug-likeness (QED) is 0.343. The molecule has 0 saturated heterocycles. The smallest absolute Gasteiger partial charge is 0.291 e. The lowest BCUT2D eigenvalue weighted by Gasteiger charge is -2.17. The molecule has 1 amide bonds. The molecule has 0 radical (unpaired) electrons. The number of halogens is 3. The molecule has 0 bridgehead atoms. The first-order valence-corrected chi connectivity index (χ1v) is 12.0. The van der Waals surface area contributed by atoms with Crippen molar-refractivity contribution in [3.63, 3.8) is 0 Å². The van der Waals surface area contributed by atoms with E-state index in [2.05, 4.69) is 10.1 Å². The summed E-state index contributed by atoms with van der Waals surface area (Å²) in [6.07, 6.45) is 0. The summed E-state index contributed by atoms with van der Waals surface area (Å²) in [6.45, 7) is 0.244. The van der Waals surface area contributed by atoms with Crippen LogP contribution >= 0.6 is 34.5 Å². The zero-order valence-corrected chi connectivity index (χ0v) is 20.0. The minimum absolute atomic E-state index is 0.244. The second kappa shape index (κ2) is 8.27. The van der Waals surface area contributed by atoms with Gasteiger partial charge in [0.25, 0.3) is 11.5 Å². The summed E-state index contributed by atoms with van der Waals surface area (Å²) in [7, 11) is 0. The monoisotopic (exact) mass is 522 g/mol. The molecule has 0 N–H and O–H groups in total. The number of thiazole rings is 1. The van der Waals surface area contributed by atoms with Crippen LogP contribution in [0.5, 0.6) is 0 Å². The summed E-state index contributed by atoms with van der Waals surface area (Å²) in [5.41, 5.74) is 2.52. The Bertz CT molecular complexity index is 1760. The topological polar surface area (TPSA) is 67.6 Å². The highest BCUT2D eigenvalue weighted by molar-refractivity contribution is 7.15. The van der Waals surface area contributed by atoms with E-state index in [0.29, 0.717) is 43.2 Å². The normalized spacial score (nSPS) is 14.7. The van der Waals surface area contributed by atoms with Crippen molar-refractivity contribution in [1.82, 2.24) is 14.6 Å². The molecule has 0 saturated carbocycles. The van der Waals surface area contributed by atoms with Crippen molar-refractivity contribution >= 4 is 56.7 Å². The van der Waals surface area contributed by atoms with Crippen LogP contribution in [0.4, 0.5) is 10.1 Å². The molecular weight excluding hydrogens is 510 g/mol. The zero-order chi connectivity index (χ0) is 24.3. The molecule has 1 aliphatic heterocycles. The highest BCUT2D eigenvalue weighted by atomic mass is 35.5. The first-order valence-electron chi connectivity index (χ1n) is 10.5. The molecule has 0 aliphatic carbocycles. The second-order valence-corrected chi connectivity index (χ2v) is 9.72. The molecular formula is C25H13Cl2FN4O2S. The number of para-hydroxylation sites is 1. The van der Waals surface area contributed by atoms with Gasteiger partial charge in [0.2, 0.25) is 4.96 Å². The van der Waals surface area contributed by atoms with Gasteiger partial charge in [0, 0.05) is 16.1 Å². The van der Waals surface area contributed by atoms with E-state index in [1.54, 1.807) is 35.2 Å². The number of nitrogens with zero attached hydrogens (tertiary/aromatic N) is 4. The molecule has 0 unspecified atom stereocenters. The molecule has 35 heavy (non-hydrogen) atoms. The van der Waals surface area contributed by atoms with E-state index in [9.17, 15) is 14.0 Å². The fraction of sp³-hybridized carbons (Fsp3) is 0.0400. The van der Waals surface area contributed by atoms with Gasteiger partial charge in [-0.15, -0.1) is 5.10 Å².